The third kappa shape index (κ3) is 4.53. The van der Waals surface area contributed by atoms with E-state index in [0.29, 0.717) is 18.1 Å². The predicted octanol–water partition coefficient (Wildman–Crippen LogP) is 3.96. The molecule has 108 valence electrons. The van der Waals surface area contributed by atoms with E-state index in [0.717, 1.165) is 22.4 Å². The lowest BCUT2D eigenvalue weighted by atomic mass is 10.1. The van der Waals surface area contributed by atoms with Gasteiger partial charge in [-0.2, -0.15) is 0 Å². The number of benzene rings is 2. The first-order valence-corrected chi connectivity index (χ1v) is 7.15. The number of aliphatic hydroxyl groups is 1. The van der Waals surface area contributed by atoms with Crippen LogP contribution in [0.25, 0.3) is 0 Å². The van der Waals surface area contributed by atoms with Gasteiger partial charge in [-0.3, -0.25) is 0 Å². The van der Waals surface area contributed by atoms with Crippen molar-refractivity contribution in [3.05, 3.63) is 64.2 Å². The van der Waals surface area contributed by atoms with Gasteiger partial charge in [-0.05, 0) is 30.7 Å². The van der Waals surface area contributed by atoms with Crippen molar-refractivity contribution in [3.8, 4) is 17.6 Å². The Balaban J connectivity index is 2.11. The highest BCUT2D eigenvalue weighted by Crippen LogP contribution is 2.22. The molecule has 21 heavy (non-hydrogen) atoms. The minimum absolute atomic E-state index is 0.0645. The van der Waals surface area contributed by atoms with Crippen LogP contribution < -0.4 is 4.74 Å². The van der Waals surface area contributed by atoms with E-state index >= 15 is 0 Å². The molecule has 0 radical (unpaired) electrons. The van der Waals surface area contributed by atoms with Crippen molar-refractivity contribution in [2.45, 2.75) is 20.0 Å². The van der Waals surface area contributed by atoms with Crippen LogP contribution in [0.1, 0.15) is 23.1 Å². The SMILES string of the molecule is Cc1ccc(COc2ccccc2C#CCCO)c(Cl)c1. The zero-order chi connectivity index (χ0) is 15.1. The Morgan fingerprint density at radius 3 is 2.76 bits per heavy atom. The number of aliphatic hydroxyl groups excluding tert-OH is 1. The number of rotatable bonds is 4. The van der Waals surface area contributed by atoms with Gasteiger partial charge in [0.15, 0.2) is 0 Å². The number of hydrogen-bond donors (Lipinski definition) is 1. The van der Waals surface area contributed by atoms with Crippen LogP contribution in [0.5, 0.6) is 5.75 Å². The second-order valence-electron chi connectivity index (χ2n) is 4.66. The van der Waals surface area contributed by atoms with Gasteiger partial charge in [0.2, 0.25) is 0 Å². The summed E-state index contributed by atoms with van der Waals surface area (Å²) in [4.78, 5) is 0. The molecule has 0 unspecified atom stereocenters. The van der Waals surface area contributed by atoms with Crippen LogP contribution in [-0.2, 0) is 6.61 Å². The molecule has 0 aliphatic carbocycles. The van der Waals surface area contributed by atoms with Gasteiger partial charge in [0.1, 0.15) is 12.4 Å². The van der Waals surface area contributed by atoms with Gasteiger partial charge >= 0.3 is 0 Å². The molecule has 2 nitrogen and oxygen atoms in total. The normalized spacial score (nSPS) is 9.86. The van der Waals surface area contributed by atoms with Crippen LogP contribution in [-0.4, -0.2) is 11.7 Å². The molecule has 0 fully saturated rings. The molecular weight excluding hydrogens is 284 g/mol. The molecule has 0 aliphatic heterocycles. The minimum Gasteiger partial charge on any atom is -0.488 e. The lowest BCUT2D eigenvalue weighted by Gasteiger charge is -2.10. The third-order valence-corrected chi connectivity index (χ3v) is 3.29. The molecule has 0 heterocycles. The smallest absolute Gasteiger partial charge is 0.135 e. The van der Waals surface area contributed by atoms with Crippen molar-refractivity contribution in [3.63, 3.8) is 0 Å². The molecule has 0 atom stereocenters. The second-order valence-corrected chi connectivity index (χ2v) is 5.06. The van der Waals surface area contributed by atoms with Crippen molar-refractivity contribution in [2.24, 2.45) is 0 Å². The molecule has 0 saturated heterocycles. The number of aryl methyl sites for hydroxylation is 1. The van der Waals surface area contributed by atoms with E-state index < -0.39 is 0 Å². The van der Waals surface area contributed by atoms with E-state index in [2.05, 4.69) is 11.8 Å². The molecule has 2 aromatic rings. The summed E-state index contributed by atoms with van der Waals surface area (Å²) < 4.78 is 5.83. The first kappa shape index (κ1) is 15.4. The van der Waals surface area contributed by atoms with E-state index in [1.165, 1.54) is 0 Å². The van der Waals surface area contributed by atoms with Crippen LogP contribution in [0, 0.1) is 18.8 Å². The van der Waals surface area contributed by atoms with Gasteiger partial charge in [0.25, 0.3) is 0 Å². The Bertz CT molecular complexity index is 668. The fourth-order valence-electron chi connectivity index (χ4n) is 1.83. The molecule has 0 amide bonds. The van der Waals surface area contributed by atoms with Gasteiger partial charge in [0, 0.05) is 17.0 Å². The fourth-order valence-corrected chi connectivity index (χ4v) is 2.12. The average Bonchev–Trinajstić information content (AvgIpc) is 2.48. The zero-order valence-corrected chi connectivity index (χ0v) is 12.7. The lowest BCUT2D eigenvalue weighted by molar-refractivity contribution is 0.304. The fraction of sp³-hybridized carbons (Fsp3) is 0.222. The van der Waals surface area contributed by atoms with Crippen LogP contribution in [0.4, 0.5) is 0 Å². The molecule has 2 rings (SSSR count). The molecule has 1 N–H and O–H groups in total. The Hall–Kier alpha value is -1.95. The summed E-state index contributed by atoms with van der Waals surface area (Å²) in [7, 11) is 0. The molecule has 0 aliphatic rings. The van der Waals surface area contributed by atoms with Gasteiger partial charge < -0.3 is 9.84 Å². The number of hydrogen-bond acceptors (Lipinski definition) is 2. The molecule has 0 saturated carbocycles. The first-order valence-electron chi connectivity index (χ1n) is 6.77. The number of ether oxygens (including phenoxy) is 1. The van der Waals surface area contributed by atoms with Crippen LogP contribution in [0.2, 0.25) is 5.02 Å². The van der Waals surface area contributed by atoms with Gasteiger partial charge in [-0.15, -0.1) is 0 Å². The van der Waals surface area contributed by atoms with Crippen molar-refractivity contribution >= 4 is 11.6 Å². The Kier molecular flexibility index (Phi) is 5.68. The molecule has 0 bridgehead atoms. The Morgan fingerprint density at radius 1 is 1.19 bits per heavy atom. The van der Waals surface area contributed by atoms with Crippen LogP contribution >= 0.6 is 11.6 Å². The van der Waals surface area contributed by atoms with Crippen LogP contribution in [0.3, 0.4) is 0 Å². The van der Waals surface area contributed by atoms with Gasteiger partial charge in [0.05, 0.1) is 12.2 Å². The largest absolute Gasteiger partial charge is 0.488 e. The average molecular weight is 301 g/mol. The van der Waals surface area contributed by atoms with Crippen molar-refractivity contribution < 1.29 is 9.84 Å². The summed E-state index contributed by atoms with van der Waals surface area (Å²) in [5.74, 6) is 6.63. The summed E-state index contributed by atoms with van der Waals surface area (Å²) in [6.45, 7) is 2.47. The monoisotopic (exact) mass is 300 g/mol. The van der Waals surface area contributed by atoms with Crippen molar-refractivity contribution in [2.75, 3.05) is 6.61 Å². The lowest BCUT2D eigenvalue weighted by Crippen LogP contribution is -1.98. The highest BCUT2D eigenvalue weighted by molar-refractivity contribution is 6.31. The number of para-hydroxylation sites is 1. The molecule has 0 spiro atoms. The number of halogens is 1. The van der Waals surface area contributed by atoms with Crippen molar-refractivity contribution in [1.29, 1.82) is 0 Å². The Morgan fingerprint density at radius 2 is 2.00 bits per heavy atom. The topological polar surface area (TPSA) is 29.5 Å². The van der Waals surface area contributed by atoms with Crippen molar-refractivity contribution in [1.82, 2.24) is 0 Å². The summed E-state index contributed by atoms with van der Waals surface area (Å²) in [6, 6.07) is 13.5. The summed E-state index contributed by atoms with van der Waals surface area (Å²) in [6.07, 6.45) is 0.456. The van der Waals surface area contributed by atoms with E-state index in [1.54, 1.807) is 0 Å². The van der Waals surface area contributed by atoms with Gasteiger partial charge in [-0.1, -0.05) is 47.7 Å². The molecule has 2 aromatic carbocycles. The molecule has 0 aromatic heterocycles. The van der Waals surface area contributed by atoms with E-state index in [4.69, 9.17) is 21.4 Å². The third-order valence-electron chi connectivity index (χ3n) is 2.94. The zero-order valence-electron chi connectivity index (χ0n) is 11.9. The van der Waals surface area contributed by atoms with Crippen LogP contribution in [0.15, 0.2) is 42.5 Å². The van der Waals surface area contributed by atoms with E-state index in [-0.39, 0.29) is 6.61 Å². The second kappa shape index (κ2) is 7.73. The summed E-state index contributed by atoms with van der Waals surface area (Å²) >= 11 is 6.20. The maximum atomic E-state index is 8.77. The first-order chi connectivity index (χ1) is 10.2. The molecular formula is C18H17ClO2. The minimum atomic E-state index is 0.0645. The highest BCUT2D eigenvalue weighted by atomic mass is 35.5. The van der Waals surface area contributed by atoms with E-state index in [9.17, 15) is 0 Å². The Labute approximate surface area is 130 Å². The van der Waals surface area contributed by atoms with E-state index in [1.807, 2.05) is 49.4 Å². The molecule has 3 heteroatoms. The predicted molar refractivity (Wildman–Crippen MR) is 85.5 cm³/mol. The highest BCUT2D eigenvalue weighted by Gasteiger charge is 2.04. The summed E-state index contributed by atoms with van der Waals surface area (Å²) in [5.41, 5.74) is 2.88. The van der Waals surface area contributed by atoms with Gasteiger partial charge in [-0.25, -0.2) is 0 Å². The summed E-state index contributed by atoms with van der Waals surface area (Å²) in [5, 5.41) is 9.48. The quantitative estimate of drug-likeness (QED) is 0.866. The standard InChI is InChI=1S/C18H17ClO2/c1-14-9-10-16(17(19)12-14)13-21-18-8-3-2-6-15(18)7-4-5-11-20/h2-3,6,8-10,12,20H,5,11,13H2,1H3. The maximum Gasteiger partial charge on any atom is 0.135 e. The maximum absolute atomic E-state index is 8.77.